The number of unbranched alkanes of at least 4 members (excludes halogenated alkanes) is 2. The van der Waals surface area contributed by atoms with Crippen LogP contribution in [0.5, 0.6) is 11.5 Å². The molecule has 6 heteroatoms. The molecule has 0 unspecified atom stereocenters. The number of amidine groups is 1. The summed E-state index contributed by atoms with van der Waals surface area (Å²) in [5.74, 6) is 1.41. The molecule has 1 heterocycles. The molecule has 148 valence electrons. The number of benzene rings is 1. The van der Waals surface area contributed by atoms with Gasteiger partial charge in [-0.2, -0.15) is 0 Å². The lowest BCUT2D eigenvalue weighted by atomic mass is 10.2. The first kappa shape index (κ1) is 21.4. The monoisotopic (exact) mass is 390 g/mol. The van der Waals surface area contributed by atoms with Gasteiger partial charge in [-0.3, -0.25) is 14.7 Å². The van der Waals surface area contributed by atoms with Gasteiger partial charge in [0.2, 0.25) is 0 Å². The molecule has 0 bridgehead atoms. The Morgan fingerprint density at radius 3 is 2.59 bits per heavy atom. The van der Waals surface area contributed by atoms with Gasteiger partial charge < -0.3 is 9.47 Å². The van der Waals surface area contributed by atoms with Crippen LogP contribution < -0.4 is 9.47 Å². The van der Waals surface area contributed by atoms with Crippen molar-refractivity contribution in [2.24, 2.45) is 4.99 Å². The molecule has 0 radical (unpaired) electrons. The lowest BCUT2D eigenvalue weighted by molar-refractivity contribution is -0.122. The minimum atomic E-state index is 0.0385. The van der Waals surface area contributed by atoms with E-state index in [-0.39, 0.29) is 5.91 Å². The molecule has 1 aromatic carbocycles. The number of amides is 1. The number of hydrogen-bond acceptors (Lipinski definition) is 5. The summed E-state index contributed by atoms with van der Waals surface area (Å²) in [7, 11) is 1.62. The zero-order valence-corrected chi connectivity index (χ0v) is 17.6. The second-order valence-electron chi connectivity index (χ2n) is 6.28. The van der Waals surface area contributed by atoms with E-state index in [1.807, 2.05) is 36.1 Å². The summed E-state index contributed by atoms with van der Waals surface area (Å²) in [5, 5.41) is 0.825. The van der Waals surface area contributed by atoms with Crippen molar-refractivity contribution >= 4 is 28.9 Å². The van der Waals surface area contributed by atoms with Crippen LogP contribution in [0.2, 0.25) is 0 Å². The van der Waals surface area contributed by atoms with Crippen molar-refractivity contribution in [1.82, 2.24) is 4.90 Å². The van der Waals surface area contributed by atoms with Crippen molar-refractivity contribution in [3.63, 3.8) is 0 Å². The summed E-state index contributed by atoms with van der Waals surface area (Å²) < 4.78 is 11.0. The normalized spacial score (nSPS) is 17.2. The molecule has 27 heavy (non-hydrogen) atoms. The summed E-state index contributed by atoms with van der Waals surface area (Å²) >= 11 is 1.47. The van der Waals surface area contributed by atoms with Crippen molar-refractivity contribution in [2.45, 2.75) is 46.5 Å². The van der Waals surface area contributed by atoms with Crippen molar-refractivity contribution in [3.05, 3.63) is 28.7 Å². The smallest absolute Gasteiger partial charge is 0.266 e. The van der Waals surface area contributed by atoms with Gasteiger partial charge in [0, 0.05) is 13.1 Å². The Morgan fingerprint density at radius 2 is 1.93 bits per heavy atom. The highest BCUT2D eigenvalue weighted by molar-refractivity contribution is 8.18. The van der Waals surface area contributed by atoms with Gasteiger partial charge in [0.05, 0.1) is 18.6 Å². The maximum Gasteiger partial charge on any atom is 0.266 e. The fourth-order valence-corrected chi connectivity index (χ4v) is 3.70. The van der Waals surface area contributed by atoms with E-state index in [1.165, 1.54) is 11.8 Å². The molecule has 1 saturated heterocycles. The van der Waals surface area contributed by atoms with Crippen LogP contribution in [0.3, 0.4) is 0 Å². The first-order chi connectivity index (χ1) is 13.1. The van der Waals surface area contributed by atoms with Gasteiger partial charge in [0.1, 0.15) is 0 Å². The average Bonchev–Trinajstić information content (AvgIpc) is 2.96. The van der Waals surface area contributed by atoms with Crippen LogP contribution in [0.15, 0.2) is 28.1 Å². The van der Waals surface area contributed by atoms with Crippen LogP contribution in [0.1, 0.15) is 52.0 Å². The Kier molecular flexibility index (Phi) is 8.72. The first-order valence-electron chi connectivity index (χ1n) is 9.71. The number of methoxy groups -OCH3 is 1. The molecule has 0 spiro atoms. The highest BCUT2D eigenvalue weighted by atomic mass is 32.2. The predicted molar refractivity (Wildman–Crippen MR) is 114 cm³/mol. The van der Waals surface area contributed by atoms with Crippen LogP contribution in [-0.2, 0) is 4.79 Å². The predicted octanol–water partition coefficient (Wildman–Crippen LogP) is 4.97. The lowest BCUT2D eigenvalue weighted by Crippen LogP contribution is -2.30. The van der Waals surface area contributed by atoms with Gasteiger partial charge >= 0.3 is 0 Å². The molecule has 0 aromatic heterocycles. The second kappa shape index (κ2) is 11.0. The van der Waals surface area contributed by atoms with Crippen LogP contribution in [0.4, 0.5) is 0 Å². The molecule has 1 fully saturated rings. The van der Waals surface area contributed by atoms with E-state index in [4.69, 9.17) is 9.47 Å². The van der Waals surface area contributed by atoms with Crippen molar-refractivity contribution in [2.75, 3.05) is 26.8 Å². The zero-order valence-electron chi connectivity index (χ0n) is 16.8. The molecule has 2 rings (SSSR count). The lowest BCUT2D eigenvalue weighted by Gasteiger charge is -2.14. The minimum absolute atomic E-state index is 0.0385. The molecule has 1 amide bonds. The van der Waals surface area contributed by atoms with Crippen LogP contribution in [0, 0.1) is 0 Å². The van der Waals surface area contributed by atoms with Gasteiger partial charge in [0.25, 0.3) is 5.91 Å². The number of thioether (sulfide) groups is 1. The molecular formula is C21H30N2O3S. The molecule has 5 nitrogen and oxygen atoms in total. The third kappa shape index (κ3) is 5.76. The molecule has 1 aromatic rings. The number of hydrogen-bond donors (Lipinski definition) is 0. The van der Waals surface area contributed by atoms with Gasteiger partial charge in [-0.05, 0) is 55.3 Å². The van der Waals surface area contributed by atoms with Crippen LogP contribution in [0.25, 0.3) is 6.08 Å². The molecule has 0 atom stereocenters. The SMILES string of the molecule is CCCCN=C1S/C(=C\c2ccc(OCC)c(OC)c2)C(=O)N1CCCC. The molecular weight excluding hydrogens is 360 g/mol. The van der Waals surface area contributed by atoms with E-state index < -0.39 is 0 Å². The van der Waals surface area contributed by atoms with E-state index in [2.05, 4.69) is 18.8 Å². The Morgan fingerprint density at radius 1 is 1.15 bits per heavy atom. The van der Waals surface area contributed by atoms with Gasteiger partial charge in [-0.15, -0.1) is 0 Å². The Hall–Kier alpha value is -1.95. The number of carbonyl (C=O) groups is 1. The van der Waals surface area contributed by atoms with E-state index in [0.717, 1.165) is 49.5 Å². The Bertz CT molecular complexity index is 701. The van der Waals surface area contributed by atoms with Crippen LogP contribution in [-0.4, -0.2) is 42.8 Å². The van der Waals surface area contributed by atoms with Gasteiger partial charge in [0.15, 0.2) is 16.7 Å². The van der Waals surface area contributed by atoms with Gasteiger partial charge in [-0.1, -0.05) is 32.8 Å². The number of ether oxygens (including phenoxy) is 2. The fourth-order valence-electron chi connectivity index (χ4n) is 2.67. The molecule has 0 saturated carbocycles. The maximum atomic E-state index is 12.9. The average molecular weight is 391 g/mol. The standard InChI is InChI=1S/C21H30N2O3S/c1-5-8-12-22-21-23(13-9-6-2)20(24)19(27-21)15-16-10-11-17(26-7-3)18(14-16)25-4/h10-11,14-15H,5-9,12-13H2,1-4H3/b19-15-,22-21?. The van der Waals surface area contributed by atoms with E-state index in [1.54, 1.807) is 7.11 Å². The summed E-state index contributed by atoms with van der Waals surface area (Å²) in [6.45, 7) is 8.27. The number of carbonyl (C=O) groups excluding carboxylic acids is 1. The molecule has 0 N–H and O–H groups in total. The van der Waals surface area contributed by atoms with Gasteiger partial charge in [-0.25, -0.2) is 0 Å². The highest BCUT2D eigenvalue weighted by Gasteiger charge is 2.32. The Labute approximate surface area is 166 Å². The van der Waals surface area contributed by atoms with Crippen LogP contribution >= 0.6 is 11.8 Å². The summed E-state index contributed by atoms with van der Waals surface area (Å²) in [6.07, 6.45) is 6.07. The third-order valence-electron chi connectivity index (χ3n) is 4.17. The van der Waals surface area contributed by atoms with E-state index in [9.17, 15) is 4.79 Å². The van der Waals surface area contributed by atoms with E-state index in [0.29, 0.717) is 23.0 Å². The Balaban J connectivity index is 2.26. The summed E-state index contributed by atoms with van der Waals surface area (Å²) in [5.41, 5.74) is 0.913. The molecule has 1 aliphatic rings. The minimum Gasteiger partial charge on any atom is -0.493 e. The quantitative estimate of drug-likeness (QED) is 0.418. The second-order valence-corrected chi connectivity index (χ2v) is 7.29. The molecule has 0 aliphatic carbocycles. The summed E-state index contributed by atoms with van der Waals surface area (Å²) in [6, 6.07) is 5.72. The largest absolute Gasteiger partial charge is 0.493 e. The third-order valence-corrected chi connectivity index (χ3v) is 5.21. The zero-order chi connectivity index (χ0) is 19.6. The maximum absolute atomic E-state index is 12.9. The van der Waals surface area contributed by atoms with E-state index >= 15 is 0 Å². The highest BCUT2D eigenvalue weighted by Crippen LogP contribution is 2.35. The van der Waals surface area contributed by atoms with Crippen molar-refractivity contribution in [3.8, 4) is 11.5 Å². The van der Waals surface area contributed by atoms with Crippen molar-refractivity contribution in [1.29, 1.82) is 0 Å². The topological polar surface area (TPSA) is 51.1 Å². The first-order valence-corrected chi connectivity index (χ1v) is 10.5. The number of aliphatic imine (C=N–C) groups is 1. The van der Waals surface area contributed by atoms with Crippen molar-refractivity contribution < 1.29 is 14.3 Å². The summed E-state index contributed by atoms with van der Waals surface area (Å²) in [4.78, 5) is 20.1. The number of rotatable bonds is 10. The molecule has 1 aliphatic heterocycles. The fraction of sp³-hybridized carbons (Fsp3) is 0.524. The number of nitrogens with zero attached hydrogens (tertiary/aromatic N) is 2.